The normalized spacial score (nSPS) is 24.7. The Labute approximate surface area is 135 Å². The van der Waals surface area contributed by atoms with Gasteiger partial charge in [-0.2, -0.15) is 0 Å². The molecule has 2 aliphatic heterocycles. The Morgan fingerprint density at radius 1 is 0.870 bits per heavy atom. The minimum Gasteiger partial charge on any atom is -0.476 e. The van der Waals surface area contributed by atoms with Crippen molar-refractivity contribution >= 4 is 5.90 Å². The SMILES string of the molecule is C(/C1=N[C@@H](c2ccccc2)CO1)=C1/N[C@@H](c2ccccc2)CO1. The highest BCUT2D eigenvalue weighted by Gasteiger charge is 2.24. The first-order chi connectivity index (χ1) is 11.4. The van der Waals surface area contributed by atoms with E-state index >= 15 is 0 Å². The number of aliphatic imine (C=N–C) groups is 1. The fraction of sp³-hybridized carbons (Fsp3) is 0.211. The third-order valence-corrected chi connectivity index (χ3v) is 4.04. The molecule has 4 heteroatoms. The van der Waals surface area contributed by atoms with Gasteiger partial charge in [-0.15, -0.1) is 0 Å². The topological polar surface area (TPSA) is 42.8 Å². The monoisotopic (exact) mass is 306 g/mol. The third kappa shape index (κ3) is 3.06. The number of hydrogen-bond acceptors (Lipinski definition) is 4. The van der Waals surface area contributed by atoms with Gasteiger partial charge in [-0.25, -0.2) is 4.99 Å². The molecule has 0 saturated carbocycles. The van der Waals surface area contributed by atoms with Gasteiger partial charge in [0.25, 0.3) is 0 Å². The van der Waals surface area contributed by atoms with Crippen molar-refractivity contribution in [2.75, 3.05) is 13.2 Å². The van der Waals surface area contributed by atoms with Crippen molar-refractivity contribution in [3.8, 4) is 0 Å². The molecule has 4 nitrogen and oxygen atoms in total. The fourth-order valence-corrected chi connectivity index (χ4v) is 2.81. The number of rotatable bonds is 3. The number of benzene rings is 2. The Morgan fingerprint density at radius 2 is 1.57 bits per heavy atom. The third-order valence-electron chi connectivity index (χ3n) is 4.04. The molecule has 0 unspecified atom stereocenters. The zero-order chi connectivity index (χ0) is 15.5. The first-order valence-corrected chi connectivity index (χ1v) is 7.80. The molecule has 0 aliphatic carbocycles. The summed E-state index contributed by atoms with van der Waals surface area (Å²) in [7, 11) is 0. The predicted octanol–water partition coefficient (Wildman–Crippen LogP) is 3.36. The molecule has 1 fully saturated rings. The van der Waals surface area contributed by atoms with Crippen molar-refractivity contribution in [2.45, 2.75) is 12.1 Å². The summed E-state index contributed by atoms with van der Waals surface area (Å²) in [6.07, 6.45) is 1.84. The maximum Gasteiger partial charge on any atom is 0.214 e. The molecule has 2 aromatic rings. The molecule has 4 rings (SSSR count). The van der Waals surface area contributed by atoms with Crippen molar-refractivity contribution < 1.29 is 9.47 Å². The largest absolute Gasteiger partial charge is 0.476 e. The lowest BCUT2D eigenvalue weighted by atomic mass is 10.1. The number of nitrogens with zero attached hydrogens (tertiary/aromatic N) is 1. The van der Waals surface area contributed by atoms with Crippen molar-refractivity contribution in [1.82, 2.24) is 5.32 Å². The smallest absolute Gasteiger partial charge is 0.214 e. The Kier molecular flexibility index (Phi) is 3.72. The minimum absolute atomic E-state index is 0.0642. The van der Waals surface area contributed by atoms with Crippen LogP contribution in [0, 0.1) is 0 Å². The van der Waals surface area contributed by atoms with Crippen LogP contribution in [0.25, 0.3) is 0 Å². The lowest BCUT2D eigenvalue weighted by Crippen LogP contribution is -2.14. The summed E-state index contributed by atoms with van der Waals surface area (Å²) < 4.78 is 11.4. The highest BCUT2D eigenvalue weighted by molar-refractivity contribution is 5.89. The number of nitrogens with one attached hydrogen (secondary N) is 1. The Balaban J connectivity index is 1.45. The van der Waals surface area contributed by atoms with Crippen LogP contribution in [0.15, 0.2) is 77.6 Å². The van der Waals surface area contributed by atoms with Crippen LogP contribution in [-0.4, -0.2) is 19.1 Å². The van der Waals surface area contributed by atoms with Gasteiger partial charge in [0, 0.05) is 0 Å². The molecule has 116 valence electrons. The molecular formula is C19H18N2O2. The van der Waals surface area contributed by atoms with Crippen LogP contribution in [0.3, 0.4) is 0 Å². The van der Waals surface area contributed by atoms with E-state index in [9.17, 15) is 0 Å². The van der Waals surface area contributed by atoms with Crippen LogP contribution in [0.2, 0.25) is 0 Å². The van der Waals surface area contributed by atoms with Gasteiger partial charge in [0.15, 0.2) is 5.88 Å². The molecule has 0 aromatic heterocycles. The van der Waals surface area contributed by atoms with E-state index in [4.69, 9.17) is 9.47 Å². The van der Waals surface area contributed by atoms with Crippen LogP contribution in [0.4, 0.5) is 0 Å². The van der Waals surface area contributed by atoms with Gasteiger partial charge in [0.05, 0.1) is 12.1 Å². The summed E-state index contributed by atoms with van der Waals surface area (Å²) in [5.74, 6) is 1.33. The summed E-state index contributed by atoms with van der Waals surface area (Å²) in [6.45, 7) is 1.19. The first kappa shape index (κ1) is 13.9. The van der Waals surface area contributed by atoms with Crippen LogP contribution in [0.5, 0.6) is 0 Å². The highest BCUT2D eigenvalue weighted by atomic mass is 16.5. The van der Waals surface area contributed by atoms with Crippen LogP contribution >= 0.6 is 0 Å². The van der Waals surface area contributed by atoms with Crippen LogP contribution in [-0.2, 0) is 9.47 Å². The van der Waals surface area contributed by atoms with Gasteiger partial charge in [-0.3, -0.25) is 0 Å². The molecule has 23 heavy (non-hydrogen) atoms. The molecule has 0 amide bonds. The van der Waals surface area contributed by atoms with Gasteiger partial charge in [-0.05, 0) is 11.1 Å². The van der Waals surface area contributed by atoms with Crippen molar-refractivity contribution in [2.24, 2.45) is 4.99 Å². The van der Waals surface area contributed by atoms with E-state index in [0.717, 1.165) is 0 Å². The van der Waals surface area contributed by atoms with Crippen molar-refractivity contribution in [3.05, 3.63) is 83.7 Å². The Morgan fingerprint density at radius 3 is 2.30 bits per heavy atom. The van der Waals surface area contributed by atoms with Gasteiger partial charge < -0.3 is 14.8 Å². The van der Waals surface area contributed by atoms with E-state index in [1.54, 1.807) is 0 Å². The standard InChI is InChI=1S/C19H18N2O2/c1-3-7-14(8-4-1)16-12-22-18(20-16)11-19-21-17(13-23-19)15-9-5-2-6-10-15/h1-11,16-17,20H,12-13H2/b18-11+/t16-,17-/m1/s1. The summed E-state index contributed by atoms with van der Waals surface area (Å²) in [5.41, 5.74) is 2.38. The van der Waals surface area contributed by atoms with E-state index in [1.165, 1.54) is 11.1 Å². The summed E-state index contributed by atoms with van der Waals surface area (Å²) in [4.78, 5) is 4.62. The second kappa shape index (κ2) is 6.16. The summed E-state index contributed by atoms with van der Waals surface area (Å²) in [5, 5.41) is 3.37. The van der Waals surface area contributed by atoms with Crippen LogP contribution < -0.4 is 5.32 Å². The predicted molar refractivity (Wildman–Crippen MR) is 88.9 cm³/mol. The van der Waals surface area contributed by atoms with E-state index in [2.05, 4.69) is 34.6 Å². The van der Waals surface area contributed by atoms with Gasteiger partial charge in [0.2, 0.25) is 5.90 Å². The lowest BCUT2D eigenvalue weighted by molar-refractivity contribution is 0.253. The van der Waals surface area contributed by atoms with Crippen molar-refractivity contribution in [1.29, 1.82) is 0 Å². The second-order valence-corrected chi connectivity index (χ2v) is 5.63. The highest BCUT2D eigenvalue weighted by Crippen LogP contribution is 2.25. The average Bonchev–Trinajstić information content (AvgIpc) is 3.27. The average molecular weight is 306 g/mol. The molecule has 1 saturated heterocycles. The maximum absolute atomic E-state index is 5.71. The second-order valence-electron chi connectivity index (χ2n) is 5.63. The number of hydrogen-bond donors (Lipinski definition) is 1. The molecule has 2 atom stereocenters. The van der Waals surface area contributed by atoms with E-state index in [0.29, 0.717) is 25.0 Å². The molecule has 0 bridgehead atoms. The molecule has 2 aliphatic rings. The minimum atomic E-state index is 0.0642. The van der Waals surface area contributed by atoms with Crippen molar-refractivity contribution in [3.63, 3.8) is 0 Å². The van der Waals surface area contributed by atoms with Gasteiger partial charge in [-0.1, -0.05) is 60.7 Å². The summed E-state index contributed by atoms with van der Waals surface area (Å²) in [6, 6.07) is 20.7. The summed E-state index contributed by atoms with van der Waals surface area (Å²) >= 11 is 0. The lowest BCUT2D eigenvalue weighted by Gasteiger charge is -2.07. The fourth-order valence-electron chi connectivity index (χ4n) is 2.81. The first-order valence-electron chi connectivity index (χ1n) is 7.80. The molecule has 2 heterocycles. The van der Waals surface area contributed by atoms with Gasteiger partial charge in [0.1, 0.15) is 19.3 Å². The number of ether oxygens (including phenoxy) is 2. The quantitative estimate of drug-likeness (QED) is 0.945. The van der Waals surface area contributed by atoms with E-state index in [1.807, 2.05) is 42.5 Å². The maximum atomic E-state index is 5.71. The Bertz CT molecular complexity index is 726. The van der Waals surface area contributed by atoms with Gasteiger partial charge >= 0.3 is 0 Å². The van der Waals surface area contributed by atoms with Crippen LogP contribution in [0.1, 0.15) is 23.2 Å². The van der Waals surface area contributed by atoms with E-state index in [-0.39, 0.29) is 12.1 Å². The Hall–Kier alpha value is -2.75. The molecular weight excluding hydrogens is 288 g/mol. The molecule has 2 aromatic carbocycles. The molecule has 1 N–H and O–H groups in total. The zero-order valence-corrected chi connectivity index (χ0v) is 12.7. The van der Waals surface area contributed by atoms with E-state index < -0.39 is 0 Å². The zero-order valence-electron chi connectivity index (χ0n) is 12.7. The molecule has 0 spiro atoms. The molecule has 0 radical (unpaired) electrons.